The van der Waals surface area contributed by atoms with Crippen LogP contribution in [-0.2, 0) is 16.1 Å². The molecular weight excluding hydrogens is 516 g/mol. The highest BCUT2D eigenvalue weighted by atomic mass is 35.5. The van der Waals surface area contributed by atoms with E-state index in [4.69, 9.17) is 25.8 Å². The summed E-state index contributed by atoms with van der Waals surface area (Å²) >= 11 is 6.78. The molecule has 0 radical (unpaired) electrons. The van der Waals surface area contributed by atoms with Crippen molar-refractivity contribution in [2.24, 2.45) is 0 Å². The van der Waals surface area contributed by atoms with E-state index in [1.165, 1.54) is 19.1 Å². The molecule has 3 amide bonds. The van der Waals surface area contributed by atoms with Crippen molar-refractivity contribution >= 4 is 52.2 Å². The summed E-state index contributed by atoms with van der Waals surface area (Å²) in [7, 11) is 2.99. The maximum absolute atomic E-state index is 12.9. The van der Waals surface area contributed by atoms with Gasteiger partial charge in [0.15, 0.2) is 18.1 Å². The smallest absolute Gasteiger partial charge is 0.293 e. The molecule has 0 spiro atoms. The Morgan fingerprint density at radius 2 is 1.70 bits per heavy atom. The molecule has 1 fully saturated rings. The van der Waals surface area contributed by atoms with Gasteiger partial charge in [0, 0.05) is 5.02 Å². The van der Waals surface area contributed by atoms with Gasteiger partial charge in [-0.3, -0.25) is 19.3 Å². The highest BCUT2D eigenvalue weighted by molar-refractivity contribution is 8.18. The number of anilines is 1. The number of rotatable bonds is 9. The molecular formula is C27H23ClN2O6S. The third-order valence-electron chi connectivity index (χ3n) is 5.35. The average Bonchev–Trinajstić information content (AvgIpc) is 3.16. The fourth-order valence-electron chi connectivity index (χ4n) is 3.53. The number of ether oxygens (including phenoxy) is 3. The van der Waals surface area contributed by atoms with Gasteiger partial charge >= 0.3 is 0 Å². The largest absolute Gasteiger partial charge is 0.495 e. The van der Waals surface area contributed by atoms with Gasteiger partial charge < -0.3 is 19.5 Å². The molecule has 1 aliphatic heterocycles. The topological polar surface area (TPSA) is 94.2 Å². The minimum absolute atomic E-state index is 0.159. The summed E-state index contributed by atoms with van der Waals surface area (Å²) in [6, 6.07) is 19.0. The number of hydrogen-bond acceptors (Lipinski definition) is 7. The standard InChI is InChI=1S/C27H23ClN2O6S/c1-34-21-6-4-3-5-20(21)29-25(31)16-36-22-12-9-18(13-23(22)35-2)14-24-26(32)30(27(33)37-24)15-17-7-10-19(28)11-8-17/h3-14H,15-16H2,1-2H3,(H,29,31)/b24-14-. The summed E-state index contributed by atoms with van der Waals surface area (Å²) in [6.07, 6.45) is 1.62. The van der Waals surface area contributed by atoms with Crippen molar-refractivity contribution < 1.29 is 28.6 Å². The van der Waals surface area contributed by atoms with Crippen LogP contribution in [0.3, 0.4) is 0 Å². The van der Waals surface area contributed by atoms with Crippen LogP contribution in [-0.4, -0.2) is 42.8 Å². The first-order valence-corrected chi connectivity index (χ1v) is 12.3. The number of thioether (sulfide) groups is 1. The minimum Gasteiger partial charge on any atom is -0.495 e. The number of nitrogens with one attached hydrogen (secondary N) is 1. The van der Waals surface area contributed by atoms with E-state index in [1.807, 2.05) is 0 Å². The SMILES string of the molecule is COc1ccccc1NC(=O)COc1ccc(/C=C2\SC(=O)N(Cc3ccc(Cl)cc3)C2=O)cc1OC. The zero-order chi connectivity index (χ0) is 26.4. The van der Waals surface area contributed by atoms with Crippen LogP contribution in [0.4, 0.5) is 10.5 Å². The molecule has 1 heterocycles. The number of nitrogens with zero attached hydrogens (tertiary/aromatic N) is 1. The van der Waals surface area contributed by atoms with E-state index in [-0.39, 0.29) is 30.2 Å². The number of methoxy groups -OCH3 is 2. The third-order valence-corrected chi connectivity index (χ3v) is 6.51. The van der Waals surface area contributed by atoms with Gasteiger partial charge in [0.05, 0.1) is 31.4 Å². The van der Waals surface area contributed by atoms with Crippen molar-refractivity contribution in [3.05, 3.63) is 87.8 Å². The number of hydrogen-bond donors (Lipinski definition) is 1. The third kappa shape index (κ3) is 6.44. The Bertz CT molecular complexity index is 1360. The van der Waals surface area contributed by atoms with Gasteiger partial charge in [0.25, 0.3) is 17.1 Å². The highest BCUT2D eigenvalue weighted by Crippen LogP contribution is 2.35. The monoisotopic (exact) mass is 538 g/mol. The van der Waals surface area contributed by atoms with Crippen LogP contribution in [0, 0.1) is 0 Å². The molecule has 0 saturated carbocycles. The normalized spacial score (nSPS) is 14.1. The number of amides is 3. The second-order valence-corrected chi connectivity index (χ2v) is 9.27. The van der Waals surface area contributed by atoms with Crippen molar-refractivity contribution in [1.82, 2.24) is 4.90 Å². The van der Waals surface area contributed by atoms with Crippen LogP contribution < -0.4 is 19.5 Å². The van der Waals surface area contributed by atoms with Gasteiger partial charge in [-0.25, -0.2) is 0 Å². The summed E-state index contributed by atoms with van der Waals surface area (Å²) in [6.45, 7) is -0.0937. The van der Waals surface area contributed by atoms with E-state index in [0.717, 1.165) is 17.3 Å². The Morgan fingerprint density at radius 1 is 0.973 bits per heavy atom. The van der Waals surface area contributed by atoms with E-state index < -0.39 is 0 Å². The molecule has 37 heavy (non-hydrogen) atoms. The molecule has 10 heteroatoms. The quantitative estimate of drug-likeness (QED) is 0.354. The second-order valence-electron chi connectivity index (χ2n) is 7.84. The van der Waals surface area contributed by atoms with Crippen LogP contribution in [0.25, 0.3) is 6.08 Å². The summed E-state index contributed by atoms with van der Waals surface area (Å²) < 4.78 is 16.3. The molecule has 3 aromatic carbocycles. The van der Waals surface area contributed by atoms with E-state index in [1.54, 1.807) is 72.8 Å². The fourth-order valence-corrected chi connectivity index (χ4v) is 4.50. The van der Waals surface area contributed by atoms with Gasteiger partial charge in [0.1, 0.15) is 5.75 Å². The molecule has 8 nitrogen and oxygen atoms in total. The minimum atomic E-state index is -0.378. The molecule has 1 saturated heterocycles. The van der Waals surface area contributed by atoms with Gasteiger partial charge in [0.2, 0.25) is 0 Å². The first kappa shape index (κ1) is 26.1. The van der Waals surface area contributed by atoms with E-state index >= 15 is 0 Å². The first-order chi connectivity index (χ1) is 17.9. The molecule has 0 unspecified atom stereocenters. The predicted molar refractivity (Wildman–Crippen MR) is 143 cm³/mol. The summed E-state index contributed by atoms with van der Waals surface area (Å²) in [5.74, 6) is 0.516. The molecule has 190 valence electrons. The number of halogens is 1. The lowest BCUT2D eigenvalue weighted by Crippen LogP contribution is -2.27. The number of carbonyl (C=O) groups excluding carboxylic acids is 3. The molecule has 4 rings (SSSR count). The predicted octanol–water partition coefficient (Wildman–Crippen LogP) is 5.61. The lowest BCUT2D eigenvalue weighted by molar-refractivity contribution is -0.123. The number of carbonyl (C=O) groups is 3. The van der Waals surface area contributed by atoms with Gasteiger partial charge in [-0.2, -0.15) is 0 Å². The molecule has 0 atom stereocenters. The Balaban J connectivity index is 1.42. The molecule has 1 N–H and O–H groups in total. The van der Waals surface area contributed by atoms with Crippen LogP contribution in [0.5, 0.6) is 17.2 Å². The molecule has 0 bridgehead atoms. The lowest BCUT2D eigenvalue weighted by Gasteiger charge is -2.13. The Hall–Kier alpha value is -3.95. The summed E-state index contributed by atoms with van der Waals surface area (Å²) in [5, 5.41) is 2.97. The Labute approximate surface area is 223 Å². The zero-order valence-electron chi connectivity index (χ0n) is 20.0. The van der Waals surface area contributed by atoms with Crippen molar-refractivity contribution in [3.8, 4) is 17.2 Å². The Morgan fingerprint density at radius 3 is 2.43 bits per heavy atom. The van der Waals surface area contributed by atoms with Crippen LogP contribution in [0.2, 0.25) is 5.02 Å². The van der Waals surface area contributed by atoms with Gasteiger partial charge in [-0.1, -0.05) is 41.9 Å². The maximum atomic E-state index is 12.9. The average molecular weight is 539 g/mol. The van der Waals surface area contributed by atoms with Crippen LogP contribution in [0.15, 0.2) is 71.6 Å². The van der Waals surface area contributed by atoms with Gasteiger partial charge in [-0.15, -0.1) is 0 Å². The summed E-state index contributed by atoms with van der Waals surface area (Å²) in [4.78, 5) is 39.2. The maximum Gasteiger partial charge on any atom is 0.293 e. The number of imide groups is 1. The second kappa shape index (κ2) is 11.9. The highest BCUT2D eigenvalue weighted by Gasteiger charge is 2.35. The van der Waals surface area contributed by atoms with Gasteiger partial charge in [-0.05, 0) is 65.4 Å². The molecule has 0 aromatic heterocycles. The van der Waals surface area contributed by atoms with Crippen molar-refractivity contribution in [2.45, 2.75) is 6.54 Å². The zero-order valence-corrected chi connectivity index (χ0v) is 21.6. The number of benzene rings is 3. The van der Waals surface area contributed by atoms with E-state index in [0.29, 0.717) is 38.4 Å². The van der Waals surface area contributed by atoms with Crippen molar-refractivity contribution in [3.63, 3.8) is 0 Å². The Kier molecular flexibility index (Phi) is 8.37. The molecule has 3 aromatic rings. The van der Waals surface area contributed by atoms with E-state index in [9.17, 15) is 14.4 Å². The summed E-state index contributed by atoms with van der Waals surface area (Å²) in [5.41, 5.74) is 1.97. The lowest BCUT2D eigenvalue weighted by atomic mass is 10.1. The van der Waals surface area contributed by atoms with Crippen molar-refractivity contribution in [1.29, 1.82) is 0 Å². The van der Waals surface area contributed by atoms with Crippen LogP contribution >= 0.6 is 23.4 Å². The molecule has 0 aliphatic carbocycles. The molecule has 1 aliphatic rings. The first-order valence-electron chi connectivity index (χ1n) is 11.1. The van der Waals surface area contributed by atoms with Crippen molar-refractivity contribution in [2.75, 3.05) is 26.1 Å². The number of para-hydroxylation sites is 2. The van der Waals surface area contributed by atoms with Crippen LogP contribution in [0.1, 0.15) is 11.1 Å². The van der Waals surface area contributed by atoms with E-state index in [2.05, 4.69) is 5.32 Å². The fraction of sp³-hybridized carbons (Fsp3) is 0.148.